The van der Waals surface area contributed by atoms with Gasteiger partial charge in [0.05, 0.1) is 21.9 Å². The van der Waals surface area contributed by atoms with Gasteiger partial charge in [-0.05, 0) is 43.2 Å². The zero-order valence-electron chi connectivity index (χ0n) is 15.8. The molecule has 0 atom stereocenters. The van der Waals surface area contributed by atoms with E-state index in [1.165, 1.54) is 6.07 Å². The van der Waals surface area contributed by atoms with Crippen LogP contribution < -0.4 is 0 Å². The number of imidazole rings is 1. The first-order valence-electron chi connectivity index (χ1n) is 8.85. The summed E-state index contributed by atoms with van der Waals surface area (Å²) in [5.74, 6) is 0.602. The Bertz CT molecular complexity index is 1190. The lowest BCUT2D eigenvalue weighted by atomic mass is 9.94. The third-order valence-electron chi connectivity index (χ3n) is 4.83. The fourth-order valence-corrected chi connectivity index (χ4v) is 3.46. The van der Waals surface area contributed by atoms with Gasteiger partial charge in [0, 0.05) is 11.5 Å². The molecular weight excluding hydrogens is 325 g/mol. The molecule has 3 nitrogen and oxygen atoms in total. The second-order valence-electron chi connectivity index (χ2n) is 7.76. The molecule has 26 heavy (non-hydrogen) atoms. The minimum absolute atomic E-state index is 0.210. The molecule has 0 saturated heterocycles. The first-order chi connectivity index (χ1) is 12.3. The number of halogens is 1. The largest absolute Gasteiger partial charge is 0.279 e. The summed E-state index contributed by atoms with van der Waals surface area (Å²) in [5, 5.41) is 0.895. The summed E-state index contributed by atoms with van der Waals surface area (Å²) in [5.41, 5.74) is 5.06. The number of nitrogens with zero attached hydrogens (tertiary/aromatic N) is 3. The number of allylic oxidation sites excluding steroid dienone is 2. The Morgan fingerprint density at radius 1 is 1.08 bits per heavy atom. The van der Waals surface area contributed by atoms with Gasteiger partial charge in [-0.3, -0.25) is 4.40 Å². The molecule has 2 aromatic heterocycles. The van der Waals surface area contributed by atoms with E-state index in [4.69, 9.17) is 9.97 Å². The van der Waals surface area contributed by atoms with Crippen molar-refractivity contribution in [3.05, 3.63) is 59.7 Å². The van der Waals surface area contributed by atoms with Crippen LogP contribution in [-0.4, -0.2) is 14.4 Å². The van der Waals surface area contributed by atoms with Crippen molar-refractivity contribution in [1.29, 1.82) is 0 Å². The average Bonchev–Trinajstić information content (AvgIpc) is 2.97. The second kappa shape index (κ2) is 5.63. The molecule has 0 fully saturated rings. The van der Waals surface area contributed by atoms with Crippen molar-refractivity contribution >= 4 is 33.2 Å². The summed E-state index contributed by atoms with van der Waals surface area (Å²) in [6, 6.07) is 11.1. The number of hydrogen-bond donors (Lipinski definition) is 0. The lowest BCUT2D eigenvalue weighted by molar-refractivity contribution is 0.542. The summed E-state index contributed by atoms with van der Waals surface area (Å²) in [6.07, 6.45) is 1.99. The van der Waals surface area contributed by atoms with E-state index in [0.717, 1.165) is 39.0 Å². The molecule has 2 heterocycles. The van der Waals surface area contributed by atoms with Crippen molar-refractivity contribution in [3.8, 4) is 0 Å². The van der Waals surface area contributed by atoms with E-state index < -0.39 is 0 Å². The first-order valence-corrected chi connectivity index (χ1v) is 8.85. The highest BCUT2D eigenvalue weighted by molar-refractivity contribution is 6.03. The molecule has 0 aliphatic heterocycles. The monoisotopic (exact) mass is 347 g/mol. The minimum atomic E-state index is -0.276. The van der Waals surface area contributed by atoms with Gasteiger partial charge in [0.15, 0.2) is 0 Å². The maximum atomic E-state index is 14.3. The van der Waals surface area contributed by atoms with Crippen molar-refractivity contribution in [2.24, 2.45) is 0 Å². The smallest absolute Gasteiger partial charge is 0.149 e. The van der Waals surface area contributed by atoms with Crippen molar-refractivity contribution in [2.75, 3.05) is 0 Å². The number of aromatic nitrogens is 3. The molecule has 132 valence electrons. The average molecular weight is 347 g/mol. The van der Waals surface area contributed by atoms with Crippen LogP contribution in [0.2, 0.25) is 0 Å². The van der Waals surface area contributed by atoms with Gasteiger partial charge >= 0.3 is 0 Å². The highest BCUT2D eigenvalue weighted by Crippen LogP contribution is 2.34. The predicted octanol–water partition coefficient (Wildman–Crippen LogP) is 5.90. The number of benzene rings is 2. The van der Waals surface area contributed by atoms with Crippen molar-refractivity contribution in [2.45, 2.75) is 40.0 Å². The van der Waals surface area contributed by atoms with Crippen LogP contribution >= 0.6 is 0 Å². The van der Waals surface area contributed by atoms with Crippen LogP contribution in [-0.2, 0) is 5.41 Å². The van der Waals surface area contributed by atoms with Crippen LogP contribution in [0.1, 0.15) is 46.0 Å². The summed E-state index contributed by atoms with van der Waals surface area (Å²) < 4.78 is 16.5. The lowest BCUT2D eigenvalue weighted by Gasteiger charge is -2.21. The van der Waals surface area contributed by atoms with Crippen LogP contribution in [0.3, 0.4) is 0 Å². The summed E-state index contributed by atoms with van der Waals surface area (Å²) in [4.78, 5) is 9.79. The molecule has 0 bridgehead atoms. The van der Waals surface area contributed by atoms with E-state index in [9.17, 15) is 4.39 Å². The van der Waals surface area contributed by atoms with Gasteiger partial charge in [0.2, 0.25) is 0 Å². The maximum absolute atomic E-state index is 14.3. The van der Waals surface area contributed by atoms with E-state index in [-0.39, 0.29) is 11.2 Å². The number of rotatable bonds is 1. The van der Waals surface area contributed by atoms with Gasteiger partial charge in [0.1, 0.15) is 17.3 Å². The van der Waals surface area contributed by atoms with E-state index >= 15 is 0 Å². The van der Waals surface area contributed by atoms with E-state index in [1.54, 1.807) is 6.07 Å². The molecule has 0 saturated carbocycles. The quantitative estimate of drug-likeness (QED) is 0.429. The number of fused-ring (bicyclic) bond motifs is 5. The Balaban J connectivity index is 2.34. The molecule has 0 aliphatic rings. The summed E-state index contributed by atoms with van der Waals surface area (Å²) in [7, 11) is 0. The Morgan fingerprint density at radius 2 is 1.81 bits per heavy atom. The molecule has 0 unspecified atom stereocenters. The van der Waals surface area contributed by atoms with Crippen LogP contribution in [0.25, 0.3) is 33.2 Å². The molecule has 0 radical (unpaired) electrons. The van der Waals surface area contributed by atoms with Gasteiger partial charge in [-0.1, -0.05) is 39.0 Å². The third-order valence-corrected chi connectivity index (χ3v) is 4.83. The highest BCUT2D eigenvalue weighted by atomic mass is 19.1. The Labute approximate surface area is 152 Å². The fourth-order valence-electron chi connectivity index (χ4n) is 3.46. The molecule has 4 rings (SSSR count). The van der Waals surface area contributed by atoms with Gasteiger partial charge in [-0.2, -0.15) is 0 Å². The zero-order chi connectivity index (χ0) is 18.6. The topological polar surface area (TPSA) is 30.2 Å². The Morgan fingerprint density at radius 3 is 2.50 bits per heavy atom. The molecule has 0 amide bonds. The summed E-state index contributed by atoms with van der Waals surface area (Å²) in [6.45, 7) is 10.3. The van der Waals surface area contributed by atoms with Gasteiger partial charge in [0.25, 0.3) is 0 Å². The lowest BCUT2D eigenvalue weighted by Crippen LogP contribution is -2.19. The standard InChI is InChI=1S/C22H22FN3/c1-6-13(2)15-11-14(23)12-17-19(15)20-24-16-9-7-8-10-18(16)26(20)21(25-17)22(3,4)5/h6-12H,1-5H3. The molecule has 0 N–H and O–H groups in total. The van der Waals surface area contributed by atoms with E-state index in [0.29, 0.717) is 5.52 Å². The second-order valence-corrected chi connectivity index (χ2v) is 7.76. The maximum Gasteiger partial charge on any atom is 0.149 e. The molecular formula is C22H22FN3. The first kappa shape index (κ1) is 16.7. The SMILES string of the molecule is CC=C(C)c1cc(F)cc2nc(C(C)(C)C)n3c4ccccc4nc3c12. The fraction of sp³-hybridized carbons (Fsp3) is 0.273. The molecule has 4 heteroatoms. The highest BCUT2D eigenvalue weighted by Gasteiger charge is 2.24. The molecule has 2 aromatic carbocycles. The Hall–Kier alpha value is -2.75. The van der Waals surface area contributed by atoms with Crippen LogP contribution in [0.4, 0.5) is 4.39 Å². The van der Waals surface area contributed by atoms with Crippen LogP contribution in [0.15, 0.2) is 42.5 Å². The van der Waals surface area contributed by atoms with Crippen molar-refractivity contribution in [1.82, 2.24) is 14.4 Å². The normalized spacial score (nSPS) is 13.2. The molecule has 0 spiro atoms. The third kappa shape index (κ3) is 2.40. The van der Waals surface area contributed by atoms with Gasteiger partial charge in [-0.25, -0.2) is 14.4 Å². The predicted molar refractivity (Wildman–Crippen MR) is 106 cm³/mol. The Kier molecular flexibility index (Phi) is 3.62. The van der Waals surface area contributed by atoms with Crippen molar-refractivity contribution in [3.63, 3.8) is 0 Å². The molecule has 0 aliphatic carbocycles. The van der Waals surface area contributed by atoms with Crippen LogP contribution in [0, 0.1) is 5.82 Å². The number of para-hydroxylation sites is 2. The van der Waals surface area contributed by atoms with Gasteiger partial charge < -0.3 is 0 Å². The van der Waals surface area contributed by atoms with Crippen molar-refractivity contribution < 1.29 is 4.39 Å². The summed E-state index contributed by atoms with van der Waals surface area (Å²) >= 11 is 0. The minimum Gasteiger partial charge on any atom is -0.279 e. The molecule has 4 aromatic rings. The number of hydrogen-bond acceptors (Lipinski definition) is 2. The zero-order valence-corrected chi connectivity index (χ0v) is 15.8. The van der Waals surface area contributed by atoms with E-state index in [2.05, 4.69) is 31.2 Å². The van der Waals surface area contributed by atoms with Crippen LogP contribution in [0.5, 0.6) is 0 Å². The van der Waals surface area contributed by atoms with E-state index in [1.807, 2.05) is 38.1 Å². The van der Waals surface area contributed by atoms with Gasteiger partial charge in [-0.15, -0.1) is 0 Å².